The second-order valence-electron chi connectivity index (χ2n) is 3.37. The molecule has 0 aliphatic heterocycles. The average Bonchev–Trinajstić information content (AvgIpc) is 2.28. The topological polar surface area (TPSA) is 26.3 Å². The van der Waals surface area contributed by atoms with Crippen molar-refractivity contribution in [3.8, 4) is 0 Å². The molecule has 0 bridgehead atoms. The van der Waals surface area contributed by atoms with E-state index in [9.17, 15) is 4.79 Å². The Kier molecular flexibility index (Phi) is 5.08. The summed E-state index contributed by atoms with van der Waals surface area (Å²) in [5.74, 6) is -0.276. The predicted octanol–water partition coefficient (Wildman–Crippen LogP) is 3.75. The van der Waals surface area contributed by atoms with Crippen LogP contribution in [0.15, 0.2) is 24.3 Å². The number of esters is 1. The summed E-state index contributed by atoms with van der Waals surface area (Å²) in [7, 11) is 1.40. The molecule has 0 heterocycles. The van der Waals surface area contributed by atoms with E-state index in [1.54, 1.807) is 0 Å². The molecule has 1 aromatic carbocycles. The Hall–Kier alpha value is -0.580. The number of hydrogen-bond acceptors (Lipinski definition) is 2. The fourth-order valence-corrected chi connectivity index (χ4v) is 2.40. The quantitative estimate of drug-likeness (QED) is 0.480. The van der Waals surface area contributed by atoms with E-state index in [0.29, 0.717) is 9.49 Å². The molecule has 0 aliphatic carbocycles. The van der Waals surface area contributed by atoms with Gasteiger partial charge in [-0.25, -0.2) is 4.79 Å². The number of methoxy groups -OCH3 is 1. The van der Waals surface area contributed by atoms with Crippen molar-refractivity contribution in [2.45, 2.75) is 23.7 Å². The third-order valence-corrected chi connectivity index (χ3v) is 3.58. The van der Waals surface area contributed by atoms with Crippen LogP contribution in [-0.2, 0) is 4.74 Å². The van der Waals surface area contributed by atoms with Crippen molar-refractivity contribution >= 4 is 28.6 Å². The predicted molar refractivity (Wildman–Crippen MR) is 69.5 cm³/mol. The summed E-state index contributed by atoms with van der Waals surface area (Å²) < 4.78 is 5.17. The molecule has 15 heavy (non-hydrogen) atoms. The van der Waals surface area contributed by atoms with Crippen LogP contribution in [0.5, 0.6) is 0 Å². The van der Waals surface area contributed by atoms with Crippen LogP contribution in [0.3, 0.4) is 0 Å². The first-order chi connectivity index (χ1) is 7.19. The summed E-state index contributed by atoms with van der Waals surface area (Å²) in [5, 5.41) is 0. The highest BCUT2D eigenvalue weighted by molar-refractivity contribution is 14.1. The fraction of sp³-hybridized carbons (Fsp3) is 0.417. The van der Waals surface area contributed by atoms with Crippen molar-refractivity contribution in [1.29, 1.82) is 0 Å². The monoisotopic (exact) mass is 318 g/mol. The minimum atomic E-state index is -0.276. The molecule has 3 heteroatoms. The molecule has 0 saturated heterocycles. The van der Waals surface area contributed by atoms with Crippen molar-refractivity contribution in [3.05, 3.63) is 35.4 Å². The Morgan fingerprint density at radius 3 is 2.47 bits per heavy atom. The zero-order valence-corrected chi connectivity index (χ0v) is 11.2. The van der Waals surface area contributed by atoms with Crippen molar-refractivity contribution in [3.63, 3.8) is 0 Å². The van der Waals surface area contributed by atoms with Gasteiger partial charge < -0.3 is 4.74 Å². The lowest BCUT2D eigenvalue weighted by atomic mass is 10.1. The van der Waals surface area contributed by atoms with Gasteiger partial charge in [0.05, 0.1) is 12.7 Å². The number of alkyl halides is 1. The summed E-state index contributed by atoms with van der Waals surface area (Å²) in [6, 6.07) is 7.64. The van der Waals surface area contributed by atoms with E-state index < -0.39 is 0 Å². The van der Waals surface area contributed by atoms with Gasteiger partial charge in [0.15, 0.2) is 0 Å². The minimum Gasteiger partial charge on any atom is -0.465 e. The molecule has 0 saturated carbocycles. The molecule has 2 nitrogen and oxygen atoms in total. The molecular formula is C12H15IO2. The normalized spacial score (nSPS) is 12.2. The van der Waals surface area contributed by atoms with Crippen LogP contribution in [0.25, 0.3) is 0 Å². The lowest BCUT2D eigenvalue weighted by Gasteiger charge is -2.08. The van der Waals surface area contributed by atoms with Gasteiger partial charge in [-0.3, -0.25) is 0 Å². The van der Waals surface area contributed by atoms with Gasteiger partial charge in [0.25, 0.3) is 0 Å². The van der Waals surface area contributed by atoms with E-state index in [1.807, 2.05) is 24.3 Å². The molecule has 0 spiro atoms. The van der Waals surface area contributed by atoms with Crippen molar-refractivity contribution < 1.29 is 9.53 Å². The van der Waals surface area contributed by atoms with Gasteiger partial charge >= 0.3 is 5.97 Å². The zero-order valence-electron chi connectivity index (χ0n) is 9.00. The highest BCUT2D eigenvalue weighted by Crippen LogP contribution is 2.28. The second kappa shape index (κ2) is 6.10. The Morgan fingerprint density at radius 1 is 1.40 bits per heavy atom. The minimum absolute atomic E-state index is 0.276. The van der Waals surface area contributed by atoms with Crippen LogP contribution in [-0.4, -0.2) is 13.1 Å². The van der Waals surface area contributed by atoms with Gasteiger partial charge in [-0.2, -0.15) is 0 Å². The summed E-state index contributed by atoms with van der Waals surface area (Å²) in [4.78, 5) is 11.2. The molecular weight excluding hydrogens is 303 g/mol. The van der Waals surface area contributed by atoms with Crippen LogP contribution in [0.2, 0.25) is 0 Å². The molecule has 0 N–H and O–H groups in total. The zero-order chi connectivity index (χ0) is 11.3. The standard InChI is InChI=1S/C12H15IO2/c1-3-4-11(13)9-5-7-10(8-6-9)12(14)15-2/h5-8,11H,3-4H2,1-2H3. The van der Waals surface area contributed by atoms with E-state index in [0.717, 1.165) is 6.42 Å². The summed E-state index contributed by atoms with van der Waals surface area (Å²) in [6.45, 7) is 2.18. The fourth-order valence-electron chi connectivity index (χ4n) is 1.37. The second-order valence-corrected chi connectivity index (χ2v) is 4.87. The van der Waals surface area contributed by atoms with Gasteiger partial charge in [0.1, 0.15) is 0 Å². The highest BCUT2D eigenvalue weighted by atomic mass is 127. The molecule has 0 aliphatic rings. The smallest absolute Gasteiger partial charge is 0.337 e. The van der Waals surface area contributed by atoms with Crippen molar-refractivity contribution in [1.82, 2.24) is 0 Å². The lowest BCUT2D eigenvalue weighted by molar-refractivity contribution is 0.0600. The maximum Gasteiger partial charge on any atom is 0.337 e. The van der Waals surface area contributed by atoms with E-state index in [2.05, 4.69) is 34.3 Å². The van der Waals surface area contributed by atoms with Crippen LogP contribution in [0, 0.1) is 0 Å². The van der Waals surface area contributed by atoms with E-state index >= 15 is 0 Å². The average molecular weight is 318 g/mol. The van der Waals surface area contributed by atoms with E-state index in [-0.39, 0.29) is 5.97 Å². The first kappa shape index (κ1) is 12.5. The van der Waals surface area contributed by atoms with E-state index in [1.165, 1.54) is 19.1 Å². The van der Waals surface area contributed by atoms with Crippen LogP contribution >= 0.6 is 22.6 Å². The Morgan fingerprint density at radius 2 is 2.00 bits per heavy atom. The SMILES string of the molecule is CCCC(I)c1ccc(C(=O)OC)cc1. The summed E-state index contributed by atoms with van der Waals surface area (Å²) >= 11 is 2.43. The van der Waals surface area contributed by atoms with Crippen molar-refractivity contribution in [2.24, 2.45) is 0 Å². The molecule has 1 aromatic rings. The first-order valence-corrected chi connectivity index (χ1v) is 6.26. The molecule has 0 radical (unpaired) electrons. The largest absolute Gasteiger partial charge is 0.465 e. The third kappa shape index (κ3) is 3.48. The number of rotatable bonds is 4. The number of hydrogen-bond donors (Lipinski definition) is 0. The number of benzene rings is 1. The molecule has 82 valence electrons. The molecule has 0 amide bonds. The van der Waals surface area contributed by atoms with Crippen LogP contribution in [0.1, 0.15) is 39.6 Å². The third-order valence-electron chi connectivity index (χ3n) is 2.24. The highest BCUT2D eigenvalue weighted by Gasteiger charge is 2.08. The van der Waals surface area contributed by atoms with E-state index in [4.69, 9.17) is 0 Å². The van der Waals surface area contributed by atoms with Gasteiger partial charge in [-0.15, -0.1) is 0 Å². The molecule has 0 fully saturated rings. The van der Waals surface area contributed by atoms with Gasteiger partial charge in [-0.05, 0) is 24.1 Å². The Balaban J connectivity index is 2.76. The van der Waals surface area contributed by atoms with Gasteiger partial charge in [0.2, 0.25) is 0 Å². The Labute approximate surface area is 104 Å². The maximum absolute atomic E-state index is 11.2. The van der Waals surface area contributed by atoms with Gasteiger partial charge in [-0.1, -0.05) is 48.1 Å². The lowest BCUT2D eigenvalue weighted by Crippen LogP contribution is -2.01. The first-order valence-electron chi connectivity index (χ1n) is 5.01. The van der Waals surface area contributed by atoms with Crippen LogP contribution in [0.4, 0.5) is 0 Å². The maximum atomic E-state index is 11.2. The molecule has 1 unspecified atom stereocenters. The van der Waals surface area contributed by atoms with Crippen LogP contribution < -0.4 is 0 Å². The molecule has 0 aromatic heterocycles. The number of halogens is 1. The number of carbonyl (C=O) groups is 1. The van der Waals surface area contributed by atoms with Crippen molar-refractivity contribution in [2.75, 3.05) is 7.11 Å². The number of ether oxygens (including phenoxy) is 1. The number of carbonyl (C=O) groups excluding carboxylic acids is 1. The summed E-state index contributed by atoms with van der Waals surface area (Å²) in [5.41, 5.74) is 1.88. The molecule has 1 atom stereocenters. The van der Waals surface area contributed by atoms with Gasteiger partial charge in [0, 0.05) is 3.92 Å². The Bertz CT molecular complexity index is 319. The molecule has 1 rings (SSSR count). The summed E-state index contributed by atoms with van der Waals surface area (Å²) in [6.07, 6.45) is 2.34.